The normalized spacial score (nSPS) is 12.7. The highest BCUT2D eigenvalue weighted by Crippen LogP contribution is 1.99. The Morgan fingerprint density at radius 3 is 2.53 bits per heavy atom. The van der Waals surface area contributed by atoms with E-state index in [1.165, 1.54) is 12.8 Å². The van der Waals surface area contributed by atoms with Gasteiger partial charge < -0.3 is 15.2 Å². The first kappa shape index (κ1) is 14.4. The molecule has 0 aromatic heterocycles. The van der Waals surface area contributed by atoms with Gasteiger partial charge in [-0.15, -0.1) is 0 Å². The van der Waals surface area contributed by atoms with Crippen molar-refractivity contribution in [3.8, 4) is 0 Å². The molecular formula is C11H23NO3. The number of carboxylic acid groups (broad SMARTS) is 1. The quantitative estimate of drug-likeness (QED) is 0.546. The van der Waals surface area contributed by atoms with Crippen molar-refractivity contribution in [3.63, 3.8) is 0 Å². The van der Waals surface area contributed by atoms with Crippen molar-refractivity contribution in [1.29, 1.82) is 0 Å². The Hall–Kier alpha value is -0.610. The zero-order valence-electron chi connectivity index (χ0n) is 9.79. The van der Waals surface area contributed by atoms with Gasteiger partial charge in [0.05, 0.1) is 0 Å². The zero-order valence-corrected chi connectivity index (χ0v) is 9.79. The molecule has 0 bridgehead atoms. The van der Waals surface area contributed by atoms with Crippen molar-refractivity contribution in [2.45, 2.75) is 45.1 Å². The summed E-state index contributed by atoms with van der Waals surface area (Å²) in [5.41, 5.74) is 0. The van der Waals surface area contributed by atoms with Gasteiger partial charge in [-0.05, 0) is 26.3 Å². The maximum atomic E-state index is 10.6. The lowest BCUT2D eigenvalue weighted by Gasteiger charge is -2.10. The van der Waals surface area contributed by atoms with Gasteiger partial charge in [0.25, 0.3) is 0 Å². The summed E-state index contributed by atoms with van der Waals surface area (Å²) in [5.74, 6) is -0.788. The SMILES string of the molecule is CCCCCOCCCC(NC)C(=O)O. The van der Waals surface area contributed by atoms with E-state index in [-0.39, 0.29) is 0 Å². The number of nitrogens with one attached hydrogen (secondary N) is 1. The third kappa shape index (κ3) is 8.39. The standard InChI is InChI=1S/C11H23NO3/c1-3-4-5-8-15-9-6-7-10(12-2)11(13)14/h10,12H,3-9H2,1-2H3,(H,13,14). The van der Waals surface area contributed by atoms with Gasteiger partial charge in [0.1, 0.15) is 6.04 Å². The van der Waals surface area contributed by atoms with Crippen LogP contribution in [0.1, 0.15) is 39.0 Å². The van der Waals surface area contributed by atoms with Gasteiger partial charge in [-0.25, -0.2) is 0 Å². The predicted molar refractivity (Wildman–Crippen MR) is 60.1 cm³/mol. The summed E-state index contributed by atoms with van der Waals surface area (Å²) in [6.07, 6.45) is 4.92. The first-order valence-electron chi connectivity index (χ1n) is 5.70. The Morgan fingerprint density at radius 2 is 2.00 bits per heavy atom. The third-order valence-electron chi connectivity index (χ3n) is 2.32. The molecule has 0 aromatic carbocycles. The van der Waals surface area contributed by atoms with Gasteiger partial charge in [0.15, 0.2) is 0 Å². The van der Waals surface area contributed by atoms with Crippen LogP contribution < -0.4 is 5.32 Å². The van der Waals surface area contributed by atoms with Crippen LogP contribution in [0, 0.1) is 0 Å². The molecule has 1 unspecified atom stereocenters. The van der Waals surface area contributed by atoms with Crippen LogP contribution in [0.15, 0.2) is 0 Å². The van der Waals surface area contributed by atoms with Crippen LogP contribution >= 0.6 is 0 Å². The molecule has 1 atom stereocenters. The van der Waals surface area contributed by atoms with E-state index in [9.17, 15) is 4.79 Å². The zero-order chi connectivity index (χ0) is 11.5. The predicted octanol–water partition coefficient (Wildman–Crippen LogP) is 1.65. The van der Waals surface area contributed by atoms with Crippen LogP contribution in [0.5, 0.6) is 0 Å². The summed E-state index contributed by atoms with van der Waals surface area (Å²) in [4.78, 5) is 10.6. The summed E-state index contributed by atoms with van der Waals surface area (Å²) < 4.78 is 5.39. The van der Waals surface area contributed by atoms with Gasteiger partial charge in [0, 0.05) is 13.2 Å². The van der Waals surface area contributed by atoms with E-state index >= 15 is 0 Å². The van der Waals surface area contributed by atoms with Gasteiger partial charge in [0.2, 0.25) is 0 Å². The van der Waals surface area contributed by atoms with Crippen LogP contribution in [0.25, 0.3) is 0 Å². The highest BCUT2D eigenvalue weighted by atomic mass is 16.5. The lowest BCUT2D eigenvalue weighted by Crippen LogP contribution is -2.33. The Balaban J connectivity index is 3.25. The van der Waals surface area contributed by atoms with Crippen molar-refractivity contribution < 1.29 is 14.6 Å². The van der Waals surface area contributed by atoms with Crippen LogP contribution in [0.4, 0.5) is 0 Å². The minimum absolute atomic E-state index is 0.441. The smallest absolute Gasteiger partial charge is 0.320 e. The molecule has 0 rings (SSSR count). The molecule has 0 radical (unpaired) electrons. The summed E-state index contributed by atoms with van der Waals surface area (Å²) in [5, 5.41) is 11.5. The summed E-state index contributed by atoms with van der Waals surface area (Å²) >= 11 is 0. The van der Waals surface area contributed by atoms with E-state index in [0.29, 0.717) is 13.0 Å². The van der Waals surface area contributed by atoms with Gasteiger partial charge >= 0.3 is 5.97 Å². The number of aliphatic carboxylic acids is 1. The molecule has 0 aliphatic heterocycles. The number of hydrogen-bond acceptors (Lipinski definition) is 3. The molecule has 0 aliphatic carbocycles. The molecule has 0 saturated carbocycles. The fourth-order valence-electron chi connectivity index (χ4n) is 1.34. The third-order valence-corrected chi connectivity index (χ3v) is 2.32. The first-order chi connectivity index (χ1) is 7.22. The van der Waals surface area contributed by atoms with E-state index in [4.69, 9.17) is 9.84 Å². The molecule has 0 saturated heterocycles. The molecule has 0 aliphatic rings. The van der Waals surface area contributed by atoms with Gasteiger partial charge in [-0.1, -0.05) is 19.8 Å². The number of carboxylic acids is 1. The molecule has 4 nitrogen and oxygen atoms in total. The molecule has 0 spiro atoms. The monoisotopic (exact) mass is 217 g/mol. The topological polar surface area (TPSA) is 58.6 Å². The average molecular weight is 217 g/mol. The molecule has 15 heavy (non-hydrogen) atoms. The number of hydrogen-bond donors (Lipinski definition) is 2. The second-order valence-electron chi connectivity index (χ2n) is 3.64. The average Bonchev–Trinajstić information content (AvgIpc) is 2.21. The second-order valence-corrected chi connectivity index (χ2v) is 3.64. The Labute approximate surface area is 92.0 Å². The minimum atomic E-state index is -0.788. The maximum Gasteiger partial charge on any atom is 0.320 e. The molecule has 0 amide bonds. The largest absolute Gasteiger partial charge is 0.480 e. The fraction of sp³-hybridized carbons (Fsp3) is 0.909. The Kier molecular flexibility index (Phi) is 9.52. The van der Waals surface area contributed by atoms with E-state index in [2.05, 4.69) is 12.2 Å². The first-order valence-corrected chi connectivity index (χ1v) is 5.70. The molecule has 4 heteroatoms. The summed E-state index contributed by atoms with van der Waals surface area (Å²) in [7, 11) is 1.67. The summed E-state index contributed by atoms with van der Waals surface area (Å²) in [6.45, 7) is 3.62. The van der Waals surface area contributed by atoms with E-state index < -0.39 is 12.0 Å². The van der Waals surface area contributed by atoms with Crippen LogP contribution in [0.3, 0.4) is 0 Å². The van der Waals surface area contributed by atoms with Crippen molar-refractivity contribution in [3.05, 3.63) is 0 Å². The van der Waals surface area contributed by atoms with E-state index in [1.54, 1.807) is 7.05 Å². The van der Waals surface area contributed by atoms with Crippen LogP contribution in [0.2, 0.25) is 0 Å². The number of unbranched alkanes of at least 4 members (excludes halogenated alkanes) is 2. The van der Waals surface area contributed by atoms with Crippen LogP contribution in [-0.4, -0.2) is 37.4 Å². The fourth-order valence-corrected chi connectivity index (χ4v) is 1.34. The van der Waals surface area contributed by atoms with E-state index in [1.807, 2.05) is 0 Å². The van der Waals surface area contributed by atoms with E-state index in [0.717, 1.165) is 19.4 Å². The van der Waals surface area contributed by atoms with Crippen molar-refractivity contribution in [2.75, 3.05) is 20.3 Å². The number of ether oxygens (including phenoxy) is 1. The lowest BCUT2D eigenvalue weighted by molar-refractivity contribution is -0.139. The number of rotatable bonds is 10. The van der Waals surface area contributed by atoms with Crippen molar-refractivity contribution in [2.24, 2.45) is 0 Å². The van der Waals surface area contributed by atoms with Gasteiger partial charge in [-0.2, -0.15) is 0 Å². The number of likely N-dealkylation sites (N-methyl/N-ethyl adjacent to an activating group) is 1. The molecule has 0 heterocycles. The van der Waals surface area contributed by atoms with Crippen molar-refractivity contribution in [1.82, 2.24) is 5.32 Å². The molecule has 0 aromatic rings. The second kappa shape index (κ2) is 9.93. The highest BCUT2D eigenvalue weighted by molar-refractivity contribution is 5.73. The molecule has 90 valence electrons. The van der Waals surface area contributed by atoms with Crippen LogP contribution in [-0.2, 0) is 9.53 Å². The Morgan fingerprint density at radius 1 is 1.33 bits per heavy atom. The lowest BCUT2D eigenvalue weighted by atomic mass is 10.1. The minimum Gasteiger partial charge on any atom is -0.480 e. The maximum absolute atomic E-state index is 10.6. The molecule has 0 fully saturated rings. The van der Waals surface area contributed by atoms with Crippen molar-refractivity contribution >= 4 is 5.97 Å². The highest BCUT2D eigenvalue weighted by Gasteiger charge is 2.13. The van der Waals surface area contributed by atoms with Gasteiger partial charge in [-0.3, -0.25) is 4.79 Å². The Bertz CT molecular complexity index is 162. The molecule has 2 N–H and O–H groups in total. The summed E-state index contributed by atoms with van der Waals surface area (Å²) in [6, 6.07) is -0.441. The number of carbonyl (C=O) groups is 1. The molecular weight excluding hydrogens is 194 g/mol.